The first kappa shape index (κ1) is 39.9. The largest absolute Gasteiger partial charge is 0.514 e. The zero-order valence-electron chi connectivity index (χ0n) is 27.7. The van der Waals surface area contributed by atoms with Crippen LogP contribution in [0.15, 0.2) is 30.3 Å². The number of aryl methyl sites for hydroxylation is 1. The van der Waals surface area contributed by atoms with Crippen molar-refractivity contribution < 1.29 is 48.0 Å². The van der Waals surface area contributed by atoms with Crippen molar-refractivity contribution in [3.8, 4) is 23.0 Å². The quantitative estimate of drug-likeness (QED) is 0.0242. The Kier molecular flexibility index (Phi) is 21.1. The Hall–Kier alpha value is -3.26. The molecular weight excluding hydrogens is 630 g/mol. The zero-order valence-corrected chi connectivity index (χ0v) is 28.6. The average molecular weight is 682 g/mol. The standard InChI is InChI=1S/C34H51NO11S/c1-40-32-24-28(30(35(38)39)25-33(32)41-2)26-45-34(37)46-29-14-15-31(36)27(23-29)13-12-17-43-19-21-44-20-18-42-16-10-8-6-4-3-5-7-9-11-22-47/h14-15,23-25,36,47H,3-13,16-22,26H2,1-2H3. The van der Waals surface area contributed by atoms with Gasteiger partial charge in [0.1, 0.15) is 18.1 Å². The molecule has 0 aliphatic rings. The normalized spacial score (nSPS) is 11.0. The lowest BCUT2D eigenvalue weighted by Crippen LogP contribution is -2.12. The van der Waals surface area contributed by atoms with Crippen molar-refractivity contribution in [1.29, 1.82) is 0 Å². The Morgan fingerprint density at radius 2 is 1.30 bits per heavy atom. The van der Waals surface area contributed by atoms with Crippen LogP contribution in [0, 0.1) is 10.1 Å². The molecule has 264 valence electrons. The molecule has 0 bridgehead atoms. The molecule has 0 spiro atoms. The van der Waals surface area contributed by atoms with Crippen LogP contribution in [-0.4, -0.2) is 75.8 Å². The van der Waals surface area contributed by atoms with Crippen LogP contribution >= 0.6 is 12.6 Å². The summed E-state index contributed by atoms with van der Waals surface area (Å²) in [6.07, 6.45) is 11.5. The third-order valence-electron chi connectivity index (χ3n) is 7.30. The number of phenols is 1. The predicted molar refractivity (Wildman–Crippen MR) is 181 cm³/mol. The third-order valence-corrected chi connectivity index (χ3v) is 7.62. The van der Waals surface area contributed by atoms with Crippen LogP contribution in [0.2, 0.25) is 0 Å². The highest BCUT2D eigenvalue weighted by Gasteiger charge is 2.21. The molecule has 0 saturated heterocycles. The maximum Gasteiger partial charge on any atom is 0.514 e. The van der Waals surface area contributed by atoms with E-state index >= 15 is 0 Å². The molecule has 2 rings (SSSR count). The Balaban J connectivity index is 1.55. The van der Waals surface area contributed by atoms with Gasteiger partial charge >= 0.3 is 6.16 Å². The van der Waals surface area contributed by atoms with E-state index in [-0.39, 0.29) is 34.2 Å². The number of nitro benzene ring substituents is 1. The molecule has 0 saturated carbocycles. The summed E-state index contributed by atoms with van der Waals surface area (Å²) in [6, 6.07) is 6.94. The number of hydrogen-bond donors (Lipinski definition) is 2. The van der Waals surface area contributed by atoms with Crippen LogP contribution < -0.4 is 14.2 Å². The van der Waals surface area contributed by atoms with Gasteiger partial charge in [0, 0.05) is 13.2 Å². The highest BCUT2D eigenvalue weighted by molar-refractivity contribution is 7.80. The van der Waals surface area contributed by atoms with Gasteiger partial charge in [-0.25, -0.2) is 4.79 Å². The monoisotopic (exact) mass is 681 g/mol. The summed E-state index contributed by atoms with van der Waals surface area (Å²) in [5.41, 5.74) is 0.384. The maximum absolute atomic E-state index is 12.3. The molecule has 0 heterocycles. The first-order valence-corrected chi connectivity index (χ1v) is 16.9. The molecule has 0 aromatic heterocycles. The van der Waals surface area contributed by atoms with Gasteiger partial charge in [-0.2, -0.15) is 12.6 Å². The van der Waals surface area contributed by atoms with E-state index in [0.29, 0.717) is 51.4 Å². The van der Waals surface area contributed by atoms with Gasteiger partial charge in [0.15, 0.2) is 11.5 Å². The number of carbonyl (C=O) groups excluding carboxylic acids is 1. The van der Waals surface area contributed by atoms with E-state index in [1.807, 2.05) is 0 Å². The van der Waals surface area contributed by atoms with Gasteiger partial charge in [0.25, 0.3) is 5.69 Å². The summed E-state index contributed by atoms with van der Waals surface area (Å²) in [5.74, 6) is 1.65. The molecule has 0 atom stereocenters. The molecule has 0 radical (unpaired) electrons. The Morgan fingerprint density at radius 1 is 0.745 bits per heavy atom. The molecule has 1 N–H and O–H groups in total. The number of nitro groups is 1. The fraction of sp³-hybridized carbons (Fsp3) is 0.618. The number of ether oxygens (including phenoxy) is 7. The van der Waals surface area contributed by atoms with E-state index in [1.165, 1.54) is 95.9 Å². The SMILES string of the molecule is COc1cc(COC(=O)Oc2ccc(O)c(CCCOCCOCCOCCCCCCCCCCCS)c2)c([N+](=O)[O-])cc1OC. The van der Waals surface area contributed by atoms with E-state index in [1.54, 1.807) is 0 Å². The topological polar surface area (TPSA) is 145 Å². The van der Waals surface area contributed by atoms with Crippen LogP contribution in [0.25, 0.3) is 0 Å². The minimum absolute atomic E-state index is 0.0607. The van der Waals surface area contributed by atoms with Crippen molar-refractivity contribution in [1.82, 2.24) is 0 Å². The van der Waals surface area contributed by atoms with Gasteiger partial charge in [-0.3, -0.25) is 10.1 Å². The van der Waals surface area contributed by atoms with Gasteiger partial charge in [0.2, 0.25) is 0 Å². The minimum atomic E-state index is -1.06. The molecule has 0 fully saturated rings. The molecule has 0 aliphatic carbocycles. The molecular formula is C34H51NO11S. The molecule has 2 aromatic rings. The lowest BCUT2D eigenvalue weighted by atomic mass is 10.1. The number of aromatic hydroxyl groups is 1. The summed E-state index contributed by atoms with van der Waals surface area (Å²) in [6.45, 7) is 2.84. The number of benzene rings is 2. The maximum atomic E-state index is 12.3. The van der Waals surface area contributed by atoms with Crippen LogP contribution in [0.5, 0.6) is 23.0 Å². The van der Waals surface area contributed by atoms with E-state index in [9.17, 15) is 20.0 Å². The van der Waals surface area contributed by atoms with Crippen LogP contribution in [-0.2, 0) is 32.0 Å². The van der Waals surface area contributed by atoms with Crippen LogP contribution in [0.4, 0.5) is 10.5 Å². The first-order valence-electron chi connectivity index (χ1n) is 16.3. The summed E-state index contributed by atoms with van der Waals surface area (Å²) in [4.78, 5) is 23.2. The average Bonchev–Trinajstić information content (AvgIpc) is 3.07. The van der Waals surface area contributed by atoms with Gasteiger partial charge in [0.05, 0.1) is 57.2 Å². The third kappa shape index (κ3) is 16.9. The van der Waals surface area contributed by atoms with E-state index in [0.717, 1.165) is 18.8 Å². The summed E-state index contributed by atoms with van der Waals surface area (Å²) < 4.78 is 37.4. The molecule has 0 unspecified atom stereocenters. The Labute approximate surface area is 283 Å². The van der Waals surface area contributed by atoms with Crippen molar-refractivity contribution in [2.45, 2.75) is 77.2 Å². The molecule has 47 heavy (non-hydrogen) atoms. The second-order valence-electron chi connectivity index (χ2n) is 10.9. The molecule has 12 nitrogen and oxygen atoms in total. The van der Waals surface area contributed by atoms with Crippen molar-refractivity contribution in [2.75, 3.05) is 59.6 Å². The second kappa shape index (κ2) is 24.9. The number of nitrogens with zero attached hydrogens (tertiary/aromatic N) is 1. The highest BCUT2D eigenvalue weighted by Crippen LogP contribution is 2.35. The van der Waals surface area contributed by atoms with Crippen molar-refractivity contribution in [3.05, 3.63) is 51.6 Å². The van der Waals surface area contributed by atoms with E-state index < -0.39 is 17.7 Å². The predicted octanol–water partition coefficient (Wildman–Crippen LogP) is 7.46. The Bertz CT molecular complexity index is 1180. The second-order valence-corrected chi connectivity index (χ2v) is 11.3. The van der Waals surface area contributed by atoms with Crippen molar-refractivity contribution in [3.63, 3.8) is 0 Å². The molecule has 0 amide bonds. The number of thiol groups is 1. The molecule has 13 heteroatoms. The number of rotatable bonds is 27. The summed E-state index contributed by atoms with van der Waals surface area (Å²) in [5, 5.41) is 21.7. The van der Waals surface area contributed by atoms with Gasteiger partial charge < -0.3 is 38.3 Å². The van der Waals surface area contributed by atoms with Gasteiger partial charge in [-0.1, -0.05) is 44.9 Å². The number of methoxy groups -OCH3 is 2. The number of hydrogen-bond acceptors (Lipinski definition) is 12. The lowest BCUT2D eigenvalue weighted by molar-refractivity contribution is -0.385. The minimum Gasteiger partial charge on any atom is -0.508 e. The Morgan fingerprint density at radius 3 is 1.89 bits per heavy atom. The van der Waals surface area contributed by atoms with Gasteiger partial charge in [-0.15, -0.1) is 0 Å². The number of phenolic OH excluding ortho intramolecular Hbond substituents is 1. The zero-order chi connectivity index (χ0) is 34.1. The van der Waals surface area contributed by atoms with Gasteiger partial charge in [-0.05, 0) is 61.3 Å². The lowest BCUT2D eigenvalue weighted by Gasteiger charge is -2.12. The molecule has 2 aromatic carbocycles. The van der Waals surface area contributed by atoms with Crippen molar-refractivity contribution in [2.24, 2.45) is 0 Å². The number of unbranched alkanes of at least 4 members (excludes halogenated alkanes) is 8. The van der Waals surface area contributed by atoms with E-state index in [4.69, 9.17) is 33.2 Å². The fourth-order valence-electron chi connectivity index (χ4n) is 4.74. The molecule has 0 aliphatic heterocycles. The van der Waals surface area contributed by atoms with E-state index in [2.05, 4.69) is 12.6 Å². The summed E-state index contributed by atoms with van der Waals surface area (Å²) >= 11 is 4.24. The highest BCUT2D eigenvalue weighted by atomic mass is 32.1. The number of carbonyl (C=O) groups is 1. The van der Waals surface area contributed by atoms with Crippen LogP contribution in [0.1, 0.15) is 75.3 Å². The summed E-state index contributed by atoms with van der Waals surface area (Å²) in [7, 11) is 2.75. The van der Waals surface area contributed by atoms with Crippen LogP contribution in [0.3, 0.4) is 0 Å². The smallest absolute Gasteiger partial charge is 0.508 e. The van der Waals surface area contributed by atoms with Crippen molar-refractivity contribution >= 4 is 24.5 Å². The first-order chi connectivity index (χ1) is 22.9. The fourth-order valence-corrected chi connectivity index (χ4v) is 4.97.